The van der Waals surface area contributed by atoms with Gasteiger partial charge in [-0.25, -0.2) is 0 Å². The summed E-state index contributed by atoms with van der Waals surface area (Å²) >= 11 is 0. The van der Waals surface area contributed by atoms with Crippen molar-refractivity contribution in [2.45, 2.75) is 13.3 Å². The molecule has 5 nitrogen and oxygen atoms in total. The van der Waals surface area contributed by atoms with Crippen molar-refractivity contribution in [2.75, 3.05) is 47.4 Å². The molecule has 118 valence electrons. The SMILES string of the molecule is CCN(C)CCNC(=NC)NCCc1ccccc1OC. The maximum absolute atomic E-state index is 5.35. The average Bonchev–Trinajstić information content (AvgIpc) is 2.53. The molecule has 0 saturated carbocycles. The molecule has 21 heavy (non-hydrogen) atoms. The molecule has 0 aliphatic carbocycles. The first-order valence-electron chi connectivity index (χ1n) is 7.46. The molecule has 0 spiro atoms. The molecular formula is C16H28N4O. The van der Waals surface area contributed by atoms with Crippen molar-refractivity contribution in [1.29, 1.82) is 0 Å². The average molecular weight is 292 g/mol. The number of ether oxygens (including phenoxy) is 1. The molecule has 0 aliphatic heterocycles. The highest BCUT2D eigenvalue weighted by atomic mass is 16.5. The molecule has 0 bridgehead atoms. The molecular weight excluding hydrogens is 264 g/mol. The summed E-state index contributed by atoms with van der Waals surface area (Å²) in [6.45, 7) is 5.92. The van der Waals surface area contributed by atoms with Crippen molar-refractivity contribution in [3.8, 4) is 5.75 Å². The Kier molecular flexibility index (Phi) is 8.28. The third-order valence-electron chi connectivity index (χ3n) is 3.43. The van der Waals surface area contributed by atoms with Gasteiger partial charge in [0.05, 0.1) is 7.11 Å². The maximum atomic E-state index is 5.35. The lowest BCUT2D eigenvalue weighted by Crippen LogP contribution is -2.41. The molecule has 1 aromatic rings. The zero-order valence-electron chi connectivity index (χ0n) is 13.6. The summed E-state index contributed by atoms with van der Waals surface area (Å²) in [6.07, 6.45) is 0.902. The van der Waals surface area contributed by atoms with Crippen molar-refractivity contribution in [2.24, 2.45) is 4.99 Å². The van der Waals surface area contributed by atoms with Crippen LogP contribution in [-0.4, -0.2) is 58.2 Å². The molecule has 0 unspecified atom stereocenters. The van der Waals surface area contributed by atoms with Crippen LogP contribution < -0.4 is 15.4 Å². The molecule has 0 fully saturated rings. The lowest BCUT2D eigenvalue weighted by atomic mass is 10.1. The van der Waals surface area contributed by atoms with Gasteiger partial charge < -0.3 is 20.3 Å². The normalized spacial score (nSPS) is 11.6. The molecule has 1 aromatic carbocycles. The highest BCUT2D eigenvalue weighted by Gasteiger charge is 2.02. The van der Waals surface area contributed by atoms with Gasteiger partial charge >= 0.3 is 0 Å². The number of likely N-dealkylation sites (N-methyl/N-ethyl adjacent to an activating group) is 1. The van der Waals surface area contributed by atoms with Crippen LogP contribution in [0.1, 0.15) is 12.5 Å². The van der Waals surface area contributed by atoms with E-state index in [1.807, 2.05) is 18.2 Å². The van der Waals surface area contributed by atoms with Crippen molar-refractivity contribution >= 4 is 5.96 Å². The number of aliphatic imine (C=N–C) groups is 1. The van der Waals surface area contributed by atoms with Crippen LogP contribution in [0.15, 0.2) is 29.3 Å². The summed E-state index contributed by atoms with van der Waals surface area (Å²) in [7, 11) is 5.61. The maximum Gasteiger partial charge on any atom is 0.191 e. The fourth-order valence-corrected chi connectivity index (χ4v) is 1.97. The minimum atomic E-state index is 0.823. The van der Waals surface area contributed by atoms with Crippen LogP contribution in [0.5, 0.6) is 5.75 Å². The molecule has 0 amide bonds. The van der Waals surface area contributed by atoms with Crippen LogP contribution in [0.3, 0.4) is 0 Å². The molecule has 0 radical (unpaired) electrons. The Morgan fingerprint density at radius 2 is 1.95 bits per heavy atom. The molecule has 1 rings (SSSR count). The highest BCUT2D eigenvalue weighted by molar-refractivity contribution is 5.79. The van der Waals surface area contributed by atoms with E-state index in [9.17, 15) is 0 Å². The second kappa shape index (κ2) is 10.0. The Morgan fingerprint density at radius 3 is 2.62 bits per heavy atom. The van der Waals surface area contributed by atoms with E-state index in [4.69, 9.17) is 4.74 Å². The van der Waals surface area contributed by atoms with Gasteiger partial charge in [0.15, 0.2) is 5.96 Å². The summed E-state index contributed by atoms with van der Waals surface area (Å²) in [5.41, 5.74) is 1.20. The zero-order chi connectivity index (χ0) is 15.5. The molecule has 0 aliphatic rings. The predicted molar refractivity (Wildman–Crippen MR) is 89.2 cm³/mol. The summed E-state index contributed by atoms with van der Waals surface area (Å²) < 4.78 is 5.35. The van der Waals surface area contributed by atoms with Gasteiger partial charge in [-0.2, -0.15) is 0 Å². The highest BCUT2D eigenvalue weighted by Crippen LogP contribution is 2.17. The van der Waals surface area contributed by atoms with Gasteiger partial charge in [-0.3, -0.25) is 4.99 Å². The summed E-state index contributed by atoms with van der Waals surface area (Å²) in [5.74, 6) is 1.78. The van der Waals surface area contributed by atoms with Gasteiger partial charge in [0.25, 0.3) is 0 Å². The van der Waals surface area contributed by atoms with Crippen molar-refractivity contribution in [1.82, 2.24) is 15.5 Å². The van der Waals surface area contributed by atoms with Gasteiger partial charge in [0.1, 0.15) is 5.75 Å². The molecule has 5 heteroatoms. The Bertz CT molecular complexity index is 434. The van der Waals surface area contributed by atoms with Crippen LogP contribution in [-0.2, 0) is 6.42 Å². The standard InChI is InChI=1S/C16H28N4O/c1-5-20(3)13-12-19-16(17-2)18-11-10-14-8-6-7-9-15(14)21-4/h6-9H,5,10-13H2,1-4H3,(H2,17,18,19). The Labute approximate surface area is 128 Å². The van der Waals surface area contributed by atoms with E-state index in [0.29, 0.717) is 0 Å². The van der Waals surface area contributed by atoms with E-state index in [-0.39, 0.29) is 0 Å². The van der Waals surface area contributed by atoms with Crippen LogP contribution in [0, 0.1) is 0 Å². The topological polar surface area (TPSA) is 48.9 Å². The van der Waals surface area contributed by atoms with Gasteiger partial charge in [0.2, 0.25) is 0 Å². The van der Waals surface area contributed by atoms with E-state index < -0.39 is 0 Å². The van der Waals surface area contributed by atoms with Crippen molar-refractivity contribution < 1.29 is 4.74 Å². The third-order valence-corrected chi connectivity index (χ3v) is 3.43. The van der Waals surface area contributed by atoms with E-state index in [2.05, 4.69) is 40.6 Å². The number of nitrogens with one attached hydrogen (secondary N) is 2. The smallest absolute Gasteiger partial charge is 0.191 e. The second-order valence-electron chi connectivity index (χ2n) is 4.88. The summed E-state index contributed by atoms with van der Waals surface area (Å²) in [4.78, 5) is 6.49. The fraction of sp³-hybridized carbons (Fsp3) is 0.562. The molecule has 0 atom stereocenters. The number of nitrogens with zero attached hydrogens (tertiary/aromatic N) is 2. The number of rotatable bonds is 8. The van der Waals surface area contributed by atoms with E-state index >= 15 is 0 Å². The Balaban J connectivity index is 2.32. The quantitative estimate of drug-likeness (QED) is 0.561. The Hall–Kier alpha value is -1.75. The number of hydrogen-bond donors (Lipinski definition) is 2. The first kappa shape index (κ1) is 17.3. The minimum Gasteiger partial charge on any atom is -0.496 e. The minimum absolute atomic E-state index is 0.823. The first-order valence-corrected chi connectivity index (χ1v) is 7.46. The fourth-order valence-electron chi connectivity index (χ4n) is 1.97. The second-order valence-corrected chi connectivity index (χ2v) is 4.88. The summed E-state index contributed by atoms with van der Waals surface area (Å²) in [5, 5.41) is 6.64. The molecule has 0 heterocycles. The molecule has 0 aromatic heterocycles. The number of hydrogen-bond acceptors (Lipinski definition) is 3. The predicted octanol–water partition coefficient (Wildman–Crippen LogP) is 1.35. The number of methoxy groups -OCH3 is 1. The van der Waals surface area contributed by atoms with Crippen LogP contribution in [0.4, 0.5) is 0 Å². The third kappa shape index (κ3) is 6.49. The first-order chi connectivity index (χ1) is 10.2. The van der Waals surface area contributed by atoms with E-state index in [1.54, 1.807) is 14.2 Å². The number of guanidine groups is 1. The summed E-state index contributed by atoms with van der Waals surface area (Å²) in [6, 6.07) is 8.10. The van der Waals surface area contributed by atoms with E-state index in [0.717, 1.165) is 44.3 Å². The van der Waals surface area contributed by atoms with Crippen molar-refractivity contribution in [3.05, 3.63) is 29.8 Å². The van der Waals surface area contributed by atoms with Gasteiger partial charge in [-0.15, -0.1) is 0 Å². The Morgan fingerprint density at radius 1 is 1.24 bits per heavy atom. The molecule has 0 saturated heterocycles. The van der Waals surface area contributed by atoms with Gasteiger partial charge in [-0.1, -0.05) is 25.1 Å². The largest absolute Gasteiger partial charge is 0.496 e. The lowest BCUT2D eigenvalue weighted by Gasteiger charge is -2.16. The monoisotopic (exact) mass is 292 g/mol. The van der Waals surface area contributed by atoms with Crippen LogP contribution in [0.2, 0.25) is 0 Å². The number of para-hydroxylation sites is 1. The van der Waals surface area contributed by atoms with Crippen LogP contribution in [0.25, 0.3) is 0 Å². The molecule has 2 N–H and O–H groups in total. The van der Waals surface area contributed by atoms with E-state index in [1.165, 1.54) is 5.56 Å². The zero-order valence-corrected chi connectivity index (χ0v) is 13.6. The van der Waals surface area contributed by atoms with Crippen molar-refractivity contribution in [3.63, 3.8) is 0 Å². The lowest BCUT2D eigenvalue weighted by molar-refractivity contribution is 0.357. The van der Waals surface area contributed by atoms with Gasteiger partial charge in [-0.05, 0) is 31.6 Å². The number of benzene rings is 1. The van der Waals surface area contributed by atoms with Crippen LogP contribution >= 0.6 is 0 Å². The van der Waals surface area contributed by atoms with Gasteiger partial charge in [0, 0.05) is 26.7 Å².